The highest BCUT2D eigenvalue weighted by molar-refractivity contribution is 6.29. The lowest BCUT2D eigenvalue weighted by Gasteiger charge is -2.45. The van der Waals surface area contributed by atoms with Gasteiger partial charge in [0.25, 0.3) is 0 Å². The molecule has 2 aliphatic carbocycles. The largest absolute Gasteiger partial charge is 0.443 e. The molecule has 0 heterocycles. The van der Waals surface area contributed by atoms with E-state index in [1.807, 2.05) is 36.4 Å². The standard InChI is InChI=1S/C34H48N2O4/c1-31(2)17-23(18-32(3,4)21-31)25-13-9-11-15-27(25)35-39-29(37)30(38)40-36-28-16-12-10-14-26(28)24-19-33(5,6)22-34(7,8)20-24/h9-16,23-24,35-36H,17-22H2,1-8H3. The number of carbonyl (C=O) groups excluding carboxylic acids is 2. The second kappa shape index (κ2) is 11.1. The molecule has 0 amide bonds. The Morgan fingerprint density at radius 3 is 1.20 bits per heavy atom. The van der Waals surface area contributed by atoms with Gasteiger partial charge in [0, 0.05) is 0 Å². The Morgan fingerprint density at radius 2 is 0.875 bits per heavy atom. The van der Waals surface area contributed by atoms with Gasteiger partial charge in [-0.25, -0.2) is 20.5 Å². The van der Waals surface area contributed by atoms with Crippen LogP contribution in [0.4, 0.5) is 11.4 Å². The Hall–Kier alpha value is -3.02. The van der Waals surface area contributed by atoms with Gasteiger partial charge in [-0.2, -0.15) is 0 Å². The fraction of sp³-hybridized carbons (Fsp3) is 0.588. The van der Waals surface area contributed by atoms with Crippen LogP contribution < -0.4 is 11.0 Å². The second-order valence-electron chi connectivity index (χ2n) is 15.4. The Bertz CT molecular complexity index is 1100. The maximum Gasteiger partial charge on any atom is 0.443 e. The summed E-state index contributed by atoms with van der Waals surface area (Å²) < 4.78 is 0. The van der Waals surface area contributed by atoms with Gasteiger partial charge in [0.15, 0.2) is 0 Å². The molecule has 2 saturated carbocycles. The van der Waals surface area contributed by atoms with Crippen LogP contribution in [0.5, 0.6) is 0 Å². The maximum absolute atomic E-state index is 12.6. The number of para-hydroxylation sites is 2. The van der Waals surface area contributed by atoms with Gasteiger partial charge in [0.05, 0.1) is 11.4 Å². The topological polar surface area (TPSA) is 76.7 Å². The molecule has 0 bridgehead atoms. The summed E-state index contributed by atoms with van der Waals surface area (Å²) in [5.74, 6) is -1.57. The van der Waals surface area contributed by atoms with Crippen LogP contribution in [-0.4, -0.2) is 11.9 Å². The van der Waals surface area contributed by atoms with Crippen molar-refractivity contribution >= 4 is 23.3 Å². The molecular weight excluding hydrogens is 500 g/mol. The fourth-order valence-corrected chi connectivity index (χ4v) is 8.31. The number of rotatable bonds is 6. The van der Waals surface area contributed by atoms with Crippen LogP contribution in [0.2, 0.25) is 0 Å². The van der Waals surface area contributed by atoms with Gasteiger partial charge in [-0.3, -0.25) is 0 Å². The molecule has 218 valence electrons. The highest BCUT2D eigenvalue weighted by Gasteiger charge is 2.41. The zero-order valence-corrected chi connectivity index (χ0v) is 25.6. The van der Waals surface area contributed by atoms with E-state index in [1.165, 1.54) is 12.8 Å². The molecule has 2 N–H and O–H groups in total. The molecule has 0 atom stereocenters. The Morgan fingerprint density at radius 1 is 0.575 bits per heavy atom. The number of carbonyl (C=O) groups is 2. The normalized spacial score (nSPS) is 21.7. The van der Waals surface area contributed by atoms with Crippen LogP contribution in [0.3, 0.4) is 0 Å². The summed E-state index contributed by atoms with van der Waals surface area (Å²) in [6.45, 7) is 18.5. The van der Waals surface area contributed by atoms with E-state index in [0.717, 1.165) is 36.8 Å². The molecule has 0 aliphatic heterocycles. The van der Waals surface area contributed by atoms with E-state index >= 15 is 0 Å². The molecule has 2 aromatic carbocycles. The zero-order chi connectivity index (χ0) is 29.3. The molecule has 6 nitrogen and oxygen atoms in total. The van der Waals surface area contributed by atoms with Crippen molar-refractivity contribution < 1.29 is 19.3 Å². The summed E-state index contributed by atoms with van der Waals surface area (Å²) in [4.78, 5) is 35.6. The molecule has 6 heteroatoms. The third-order valence-electron chi connectivity index (χ3n) is 8.59. The van der Waals surface area contributed by atoms with Crippen LogP contribution in [0.25, 0.3) is 0 Å². The van der Waals surface area contributed by atoms with Crippen LogP contribution in [-0.2, 0) is 19.3 Å². The van der Waals surface area contributed by atoms with Crippen LogP contribution >= 0.6 is 0 Å². The number of benzene rings is 2. The minimum Gasteiger partial charge on any atom is -0.332 e. The van der Waals surface area contributed by atoms with Gasteiger partial charge in [0.2, 0.25) is 0 Å². The van der Waals surface area contributed by atoms with Crippen molar-refractivity contribution in [3.63, 3.8) is 0 Å². The minimum atomic E-state index is -1.11. The van der Waals surface area contributed by atoms with Crippen molar-refractivity contribution in [3.8, 4) is 0 Å². The predicted molar refractivity (Wildman–Crippen MR) is 161 cm³/mol. The van der Waals surface area contributed by atoms with E-state index in [0.29, 0.717) is 23.2 Å². The quantitative estimate of drug-likeness (QED) is 0.278. The van der Waals surface area contributed by atoms with Crippen molar-refractivity contribution in [2.75, 3.05) is 11.0 Å². The summed E-state index contributed by atoms with van der Waals surface area (Å²) >= 11 is 0. The smallest absolute Gasteiger partial charge is 0.332 e. The highest BCUT2D eigenvalue weighted by atomic mass is 16.7. The number of anilines is 2. The first-order valence-electron chi connectivity index (χ1n) is 14.7. The Kier molecular flexibility index (Phi) is 8.31. The lowest BCUT2D eigenvalue weighted by Crippen LogP contribution is -2.33. The monoisotopic (exact) mass is 548 g/mol. The Labute approximate surface area is 240 Å². The zero-order valence-electron chi connectivity index (χ0n) is 25.6. The first-order chi connectivity index (χ1) is 18.5. The SMILES string of the molecule is CC1(C)CC(c2ccccc2NOC(=O)C(=O)ONc2ccccc2C2CC(C)(C)CC(C)(C)C2)CC(C)(C)C1. The van der Waals surface area contributed by atoms with Gasteiger partial charge in [0.1, 0.15) is 0 Å². The highest BCUT2D eigenvalue weighted by Crippen LogP contribution is 2.54. The molecule has 0 aromatic heterocycles. The lowest BCUT2D eigenvalue weighted by molar-refractivity contribution is -0.164. The summed E-state index contributed by atoms with van der Waals surface area (Å²) in [5.41, 5.74) is 9.93. The van der Waals surface area contributed by atoms with Gasteiger partial charge in [-0.1, -0.05) is 91.8 Å². The predicted octanol–water partition coefficient (Wildman–Crippen LogP) is 8.77. The van der Waals surface area contributed by atoms with Crippen molar-refractivity contribution in [1.82, 2.24) is 0 Å². The van der Waals surface area contributed by atoms with E-state index in [1.54, 1.807) is 0 Å². The van der Waals surface area contributed by atoms with Gasteiger partial charge in [-0.05, 0) is 95.3 Å². The Balaban J connectivity index is 1.38. The fourth-order valence-electron chi connectivity index (χ4n) is 8.31. The van der Waals surface area contributed by atoms with E-state index in [9.17, 15) is 9.59 Å². The second-order valence-corrected chi connectivity index (χ2v) is 15.4. The van der Waals surface area contributed by atoms with Crippen LogP contribution in [0.1, 0.15) is 117 Å². The van der Waals surface area contributed by atoms with Crippen LogP contribution in [0.15, 0.2) is 48.5 Å². The van der Waals surface area contributed by atoms with Gasteiger partial charge >= 0.3 is 11.9 Å². The molecular formula is C34H48N2O4. The van der Waals surface area contributed by atoms with Crippen molar-refractivity contribution in [2.24, 2.45) is 21.7 Å². The first-order valence-corrected chi connectivity index (χ1v) is 14.7. The molecule has 40 heavy (non-hydrogen) atoms. The molecule has 4 rings (SSSR count). The van der Waals surface area contributed by atoms with E-state index in [4.69, 9.17) is 9.68 Å². The van der Waals surface area contributed by atoms with E-state index in [-0.39, 0.29) is 21.7 Å². The van der Waals surface area contributed by atoms with Crippen molar-refractivity contribution in [1.29, 1.82) is 0 Å². The number of hydrogen-bond donors (Lipinski definition) is 2. The molecule has 2 aliphatic rings. The van der Waals surface area contributed by atoms with Crippen molar-refractivity contribution in [2.45, 2.75) is 106 Å². The number of hydrogen-bond acceptors (Lipinski definition) is 6. The summed E-state index contributed by atoms with van der Waals surface area (Å²) in [6, 6.07) is 15.7. The molecule has 2 aromatic rings. The van der Waals surface area contributed by atoms with E-state index < -0.39 is 11.9 Å². The van der Waals surface area contributed by atoms with Crippen molar-refractivity contribution in [3.05, 3.63) is 59.7 Å². The summed E-state index contributed by atoms with van der Waals surface area (Å²) in [5, 5.41) is 0. The molecule has 2 fully saturated rings. The lowest BCUT2D eigenvalue weighted by atomic mass is 9.60. The average Bonchev–Trinajstić information content (AvgIpc) is 2.82. The van der Waals surface area contributed by atoms with Crippen LogP contribution in [0, 0.1) is 21.7 Å². The molecule has 0 radical (unpaired) electrons. The molecule has 0 saturated heterocycles. The number of nitrogens with one attached hydrogen (secondary N) is 2. The van der Waals surface area contributed by atoms with E-state index in [2.05, 4.69) is 78.5 Å². The molecule has 0 unspecified atom stereocenters. The first kappa shape index (κ1) is 30.0. The summed E-state index contributed by atoms with van der Waals surface area (Å²) in [6.07, 6.45) is 6.51. The maximum atomic E-state index is 12.6. The van der Waals surface area contributed by atoms with Gasteiger partial charge in [-0.15, -0.1) is 0 Å². The third-order valence-corrected chi connectivity index (χ3v) is 8.59. The summed E-state index contributed by atoms with van der Waals surface area (Å²) in [7, 11) is 0. The molecule has 0 spiro atoms. The average molecular weight is 549 g/mol. The minimum absolute atomic E-state index is 0.213. The third kappa shape index (κ3) is 7.58. The van der Waals surface area contributed by atoms with Gasteiger partial charge < -0.3 is 9.68 Å².